The summed E-state index contributed by atoms with van der Waals surface area (Å²) in [5.41, 5.74) is 1.56. The molecule has 2 amide bonds. The van der Waals surface area contributed by atoms with Crippen LogP contribution in [0.2, 0.25) is 5.02 Å². The number of halogens is 3. The Morgan fingerprint density at radius 2 is 1.51 bits per heavy atom. The summed E-state index contributed by atoms with van der Waals surface area (Å²) in [5.74, 6) is -10.7. The van der Waals surface area contributed by atoms with Crippen LogP contribution in [-0.4, -0.2) is 48.5 Å². The molecule has 228 valence electrons. The van der Waals surface area contributed by atoms with E-state index in [0.717, 1.165) is 5.56 Å². The molecule has 0 aromatic heterocycles. The third-order valence-electron chi connectivity index (χ3n) is 6.87. The Kier molecular flexibility index (Phi) is 12.4. The smallest absolute Gasteiger partial charge is 0.381 e. The van der Waals surface area contributed by atoms with E-state index in [4.69, 9.17) is 16.3 Å². The van der Waals surface area contributed by atoms with Gasteiger partial charge in [0, 0.05) is 23.9 Å². The van der Waals surface area contributed by atoms with Crippen LogP contribution >= 0.6 is 11.6 Å². The van der Waals surface area contributed by atoms with Crippen LogP contribution in [0.3, 0.4) is 0 Å². The molecule has 0 aliphatic carbocycles. The summed E-state index contributed by atoms with van der Waals surface area (Å²) in [4.78, 5) is 51.6. The fourth-order valence-electron chi connectivity index (χ4n) is 4.45. The molecule has 2 N–H and O–H groups in total. The number of nitrogens with one attached hydrogen (secondary N) is 2. The van der Waals surface area contributed by atoms with Gasteiger partial charge in [0.25, 0.3) is 11.8 Å². The van der Waals surface area contributed by atoms with Gasteiger partial charge >= 0.3 is 5.92 Å². The van der Waals surface area contributed by atoms with Crippen molar-refractivity contribution in [2.45, 2.75) is 45.1 Å². The molecule has 3 aromatic rings. The first kappa shape index (κ1) is 33.4. The van der Waals surface area contributed by atoms with Crippen LogP contribution in [0.5, 0.6) is 5.75 Å². The number of amides is 2. The Morgan fingerprint density at radius 1 is 0.884 bits per heavy atom. The molecule has 3 aromatic carbocycles. The number of ketones is 2. The molecule has 10 heteroatoms. The molecule has 0 saturated carbocycles. The number of Topliss-reactive ketones (excluding diaryl/α,β-unsaturated/α-hetero) is 2. The molecule has 2 atom stereocenters. The SMILES string of the molecule is CC(C)[C@H](CC(=O)[C@H](Cc1ccccc1)NC(=O)COc1cccc(Cl)c1)C(=O)C(F)(F)C(=O)NCCc1ccccc1. The minimum absolute atomic E-state index is 0.0674. The van der Waals surface area contributed by atoms with Crippen molar-refractivity contribution in [3.63, 3.8) is 0 Å². The maximum atomic E-state index is 15.1. The molecule has 0 unspecified atom stereocenters. The number of carbonyl (C=O) groups is 4. The lowest BCUT2D eigenvalue weighted by Gasteiger charge is -2.26. The molecule has 0 aliphatic heterocycles. The third-order valence-corrected chi connectivity index (χ3v) is 7.11. The number of benzene rings is 3. The zero-order valence-electron chi connectivity index (χ0n) is 24.0. The Morgan fingerprint density at radius 3 is 2.12 bits per heavy atom. The van der Waals surface area contributed by atoms with E-state index in [9.17, 15) is 19.2 Å². The molecule has 0 bridgehead atoms. The summed E-state index contributed by atoms with van der Waals surface area (Å²) in [6, 6.07) is 23.1. The molecule has 0 radical (unpaired) electrons. The van der Waals surface area contributed by atoms with Gasteiger partial charge in [0.05, 0.1) is 6.04 Å². The Labute approximate surface area is 255 Å². The average Bonchev–Trinajstić information content (AvgIpc) is 2.99. The largest absolute Gasteiger partial charge is 0.484 e. The summed E-state index contributed by atoms with van der Waals surface area (Å²) >= 11 is 5.95. The van der Waals surface area contributed by atoms with Crippen LogP contribution < -0.4 is 15.4 Å². The van der Waals surface area contributed by atoms with E-state index in [1.54, 1.807) is 72.8 Å². The molecule has 0 aliphatic rings. The molecule has 0 fully saturated rings. The summed E-state index contributed by atoms with van der Waals surface area (Å²) < 4.78 is 35.6. The molecule has 0 heterocycles. The second-order valence-electron chi connectivity index (χ2n) is 10.5. The predicted molar refractivity (Wildman–Crippen MR) is 160 cm³/mol. The van der Waals surface area contributed by atoms with E-state index in [1.807, 2.05) is 6.07 Å². The monoisotopic (exact) mass is 612 g/mol. The van der Waals surface area contributed by atoms with Crippen molar-refractivity contribution in [1.29, 1.82) is 0 Å². The van der Waals surface area contributed by atoms with E-state index >= 15 is 8.78 Å². The van der Waals surface area contributed by atoms with E-state index in [-0.39, 0.29) is 13.0 Å². The zero-order chi connectivity index (χ0) is 31.4. The minimum atomic E-state index is -4.34. The summed E-state index contributed by atoms with van der Waals surface area (Å²) in [6.07, 6.45) is -0.209. The highest BCUT2D eigenvalue weighted by molar-refractivity contribution is 6.30. The van der Waals surface area contributed by atoms with E-state index in [0.29, 0.717) is 22.8 Å². The highest BCUT2D eigenvalue weighted by Gasteiger charge is 2.51. The number of hydrogen-bond acceptors (Lipinski definition) is 5. The number of alkyl halides is 2. The third kappa shape index (κ3) is 10.3. The van der Waals surface area contributed by atoms with Crippen LogP contribution in [0.1, 0.15) is 31.4 Å². The van der Waals surface area contributed by atoms with Crippen LogP contribution in [0, 0.1) is 11.8 Å². The normalized spacial score (nSPS) is 12.7. The first-order chi connectivity index (χ1) is 20.5. The lowest BCUT2D eigenvalue weighted by Crippen LogP contribution is -2.51. The summed E-state index contributed by atoms with van der Waals surface area (Å²) in [6.45, 7) is 2.55. The first-order valence-electron chi connectivity index (χ1n) is 14.0. The Bertz CT molecular complexity index is 1390. The quantitative estimate of drug-likeness (QED) is 0.216. The van der Waals surface area contributed by atoms with Gasteiger partial charge in [0.2, 0.25) is 5.78 Å². The molecular weight excluding hydrogens is 578 g/mol. The highest BCUT2D eigenvalue weighted by atomic mass is 35.5. The van der Waals surface area contributed by atoms with Crippen LogP contribution in [0.4, 0.5) is 8.78 Å². The summed E-state index contributed by atoms with van der Waals surface area (Å²) in [7, 11) is 0. The number of ether oxygens (including phenoxy) is 1. The van der Waals surface area contributed by atoms with Gasteiger partial charge in [-0.15, -0.1) is 0 Å². The second-order valence-corrected chi connectivity index (χ2v) is 10.9. The van der Waals surface area contributed by atoms with Crippen molar-refractivity contribution in [3.8, 4) is 5.75 Å². The molecule has 43 heavy (non-hydrogen) atoms. The van der Waals surface area contributed by atoms with Crippen LogP contribution in [-0.2, 0) is 32.0 Å². The standard InChI is InChI=1S/C33H35ClF2N2O5/c1-22(2)27(31(41)33(35,36)32(42)37-17-16-23-10-5-3-6-11-23)20-29(39)28(18-24-12-7-4-8-13-24)38-30(40)21-43-26-15-9-14-25(34)19-26/h3-15,19,22,27-28H,16-18,20-21H2,1-2H3,(H,37,42)(H,38,40)/t27-,28-/m0/s1. The number of carbonyl (C=O) groups excluding carboxylic acids is 4. The Hall–Kier alpha value is -4.11. The van der Waals surface area contributed by atoms with Crippen molar-refractivity contribution in [2.24, 2.45) is 11.8 Å². The maximum absolute atomic E-state index is 15.1. The first-order valence-corrected chi connectivity index (χ1v) is 14.3. The van der Waals surface area contributed by atoms with Crippen molar-refractivity contribution in [2.75, 3.05) is 13.2 Å². The minimum Gasteiger partial charge on any atom is -0.484 e. The van der Waals surface area contributed by atoms with E-state index < -0.39 is 60.2 Å². The second kappa shape index (κ2) is 15.9. The van der Waals surface area contributed by atoms with Gasteiger partial charge in [0.1, 0.15) is 5.75 Å². The molecule has 0 spiro atoms. The fraction of sp³-hybridized carbons (Fsp3) is 0.333. The van der Waals surface area contributed by atoms with Gasteiger partial charge in [0.15, 0.2) is 12.4 Å². The van der Waals surface area contributed by atoms with Crippen LogP contribution in [0.25, 0.3) is 0 Å². The molecular formula is C33H35ClF2N2O5. The lowest BCUT2D eigenvalue weighted by atomic mass is 9.82. The van der Waals surface area contributed by atoms with Crippen LogP contribution in [0.15, 0.2) is 84.9 Å². The van der Waals surface area contributed by atoms with Crippen molar-refractivity contribution in [1.82, 2.24) is 10.6 Å². The average molecular weight is 613 g/mol. The molecule has 3 rings (SSSR count). The Balaban J connectivity index is 1.68. The van der Waals surface area contributed by atoms with E-state index in [1.165, 1.54) is 19.9 Å². The van der Waals surface area contributed by atoms with Gasteiger partial charge < -0.3 is 15.4 Å². The topological polar surface area (TPSA) is 102 Å². The zero-order valence-corrected chi connectivity index (χ0v) is 24.8. The fourth-order valence-corrected chi connectivity index (χ4v) is 4.63. The van der Waals surface area contributed by atoms with Crippen molar-refractivity contribution >= 4 is 35.0 Å². The predicted octanol–water partition coefficient (Wildman–Crippen LogP) is 5.24. The van der Waals surface area contributed by atoms with Gasteiger partial charge in [-0.1, -0.05) is 92.2 Å². The highest BCUT2D eigenvalue weighted by Crippen LogP contribution is 2.28. The number of hydrogen-bond donors (Lipinski definition) is 2. The lowest BCUT2D eigenvalue weighted by molar-refractivity contribution is -0.162. The van der Waals surface area contributed by atoms with Crippen molar-refractivity contribution < 1.29 is 32.7 Å². The van der Waals surface area contributed by atoms with Gasteiger partial charge in [-0.2, -0.15) is 8.78 Å². The van der Waals surface area contributed by atoms with Gasteiger partial charge in [-0.05, 0) is 48.1 Å². The molecule has 7 nitrogen and oxygen atoms in total. The summed E-state index contributed by atoms with van der Waals surface area (Å²) in [5, 5.41) is 5.17. The maximum Gasteiger partial charge on any atom is 0.381 e. The van der Waals surface area contributed by atoms with Crippen molar-refractivity contribution in [3.05, 3.63) is 101 Å². The van der Waals surface area contributed by atoms with E-state index in [2.05, 4.69) is 10.6 Å². The van der Waals surface area contributed by atoms with Gasteiger partial charge in [-0.3, -0.25) is 19.2 Å². The number of rotatable bonds is 16. The van der Waals surface area contributed by atoms with Gasteiger partial charge in [-0.25, -0.2) is 0 Å². The molecule has 0 saturated heterocycles.